The highest BCUT2D eigenvalue weighted by atomic mass is 79.9. The molecule has 0 bridgehead atoms. The van der Waals surface area contributed by atoms with E-state index in [0.29, 0.717) is 18.7 Å². The molecule has 1 aliphatic heterocycles. The number of rotatable bonds is 2. The van der Waals surface area contributed by atoms with E-state index in [2.05, 4.69) is 15.9 Å². The van der Waals surface area contributed by atoms with Gasteiger partial charge in [0.15, 0.2) is 0 Å². The van der Waals surface area contributed by atoms with Crippen molar-refractivity contribution in [3.8, 4) is 0 Å². The van der Waals surface area contributed by atoms with Crippen molar-refractivity contribution in [2.24, 2.45) is 0 Å². The van der Waals surface area contributed by atoms with Crippen molar-refractivity contribution in [2.45, 2.75) is 21.7 Å². The lowest BCUT2D eigenvalue weighted by molar-refractivity contribution is -0.117. The van der Waals surface area contributed by atoms with Crippen LogP contribution in [0.3, 0.4) is 0 Å². The van der Waals surface area contributed by atoms with E-state index in [4.69, 9.17) is 0 Å². The molecule has 1 heterocycles. The molecule has 1 aromatic rings. The van der Waals surface area contributed by atoms with Crippen molar-refractivity contribution in [1.29, 1.82) is 0 Å². The number of carbonyl (C=O) groups is 1. The molecule has 1 saturated heterocycles. The Bertz CT molecular complexity index is 466. The fraction of sp³-hybridized carbons (Fsp3) is 0.364. The molecule has 1 atom stereocenters. The van der Waals surface area contributed by atoms with Gasteiger partial charge in [-0.05, 0) is 30.0 Å². The lowest BCUT2D eigenvalue weighted by Crippen LogP contribution is -2.24. The maximum atomic E-state index is 12.3. The Morgan fingerprint density at radius 1 is 1.39 bits per heavy atom. The number of anilines is 1. The summed E-state index contributed by atoms with van der Waals surface area (Å²) in [4.78, 5) is 13.3. The zero-order chi connectivity index (χ0) is 13.3. The zero-order valence-corrected chi connectivity index (χ0v) is 11.5. The molecule has 0 spiro atoms. The van der Waals surface area contributed by atoms with Crippen LogP contribution >= 0.6 is 27.7 Å². The molecule has 0 N–H and O–H groups in total. The number of nitrogens with zero attached hydrogens (tertiary/aromatic N) is 1. The average molecular weight is 340 g/mol. The van der Waals surface area contributed by atoms with Crippen LogP contribution < -0.4 is 4.90 Å². The van der Waals surface area contributed by atoms with E-state index < -0.39 is 5.51 Å². The number of benzene rings is 1. The molecule has 18 heavy (non-hydrogen) atoms. The fourth-order valence-electron chi connectivity index (χ4n) is 1.76. The van der Waals surface area contributed by atoms with Gasteiger partial charge in [-0.3, -0.25) is 4.79 Å². The highest BCUT2D eigenvalue weighted by Crippen LogP contribution is 2.38. The Hall–Kier alpha value is -0.690. The standard InChI is InChI=1S/C11H9BrF3NOS/c12-7-4-10(17)16(6-7)8-2-1-3-9(5-8)18-11(13,14)15/h1-3,5,7H,4,6H2. The van der Waals surface area contributed by atoms with Crippen molar-refractivity contribution >= 4 is 39.3 Å². The van der Waals surface area contributed by atoms with Gasteiger partial charge in [0.2, 0.25) is 5.91 Å². The third kappa shape index (κ3) is 3.41. The molecule has 0 saturated carbocycles. The molecule has 1 aliphatic rings. The maximum Gasteiger partial charge on any atom is 0.446 e. The minimum absolute atomic E-state index is 0.0592. The summed E-state index contributed by atoms with van der Waals surface area (Å²) in [7, 11) is 0. The van der Waals surface area contributed by atoms with Crippen molar-refractivity contribution in [3.05, 3.63) is 24.3 Å². The number of carbonyl (C=O) groups excluding carboxylic acids is 1. The molecule has 7 heteroatoms. The Balaban J connectivity index is 2.20. The zero-order valence-electron chi connectivity index (χ0n) is 9.08. The summed E-state index contributed by atoms with van der Waals surface area (Å²) >= 11 is 3.16. The first-order valence-corrected chi connectivity index (χ1v) is 6.88. The van der Waals surface area contributed by atoms with Gasteiger partial charge in [0.05, 0.1) is 0 Å². The van der Waals surface area contributed by atoms with Crippen LogP contribution in [0.5, 0.6) is 0 Å². The largest absolute Gasteiger partial charge is 0.446 e. The highest BCUT2D eigenvalue weighted by molar-refractivity contribution is 9.09. The first kappa shape index (κ1) is 13.7. The highest BCUT2D eigenvalue weighted by Gasteiger charge is 2.31. The first-order valence-electron chi connectivity index (χ1n) is 5.15. The lowest BCUT2D eigenvalue weighted by Gasteiger charge is -2.17. The van der Waals surface area contributed by atoms with E-state index in [0.717, 1.165) is 0 Å². The second kappa shape index (κ2) is 5.13. The van der Waals surface area contributed by atoms with Crippen LogP contribution in [0.4, 0.5) is 18.9 Å². The minimum Gasteiger partial charge on any atom is -0.311 e. The quantitative estimate of drug-likeness (QED) is 0.603. The third-order valence-corrected chi connectivity index (χ3v) is 3.78. The van der Waals surface area contributed by atoms with E-state index in [1.807, 2.05) is 0 Å². The predicted molar refractivity (Wildman–Crippen MR) is 68.0 cm³/mol. The van der Waals surface area contributed by atoms with Crippen LogP contribution in [0.25, 0.3) is 0 Å². The van der Waals surface area contributed by atoms with Gasteiger partial charge in [-0.25, -0.2) is 0 Å². The Morgan fingerprint density at radius 3 is 2.67 bits per heavy atom. The summed E-state index contributed by atoms with van der Waals surface area (Å²) in [6.07, 6.45) is 0.372. The van der Waals surface area contributed by atoms with Gasteiger partial charge in [0.25, 0.3) is 0 Å². The third-order valence-electron chi connectivity index (χ3n) is 2.44. The number of amides is 1. The second-order valence-electron chi connectivity index (χ2n) is 3.85. The van der Waals surface area contributed by atoms with Gasteiger partial charge in [-0.15, -0.1) is 0 Å². The second-order valence-corrected chi connectivity index (χ2v) is 6.28. The van der Waals surface area contributed by atoms with E-state index in [1.165, 1.54) is 23.1 Å². The van der Waals surface area contributed by atoms with Crippen molar-refractivity contribution < 1.29 is 18.0 Å². The molecule has 0 radical (unpaired) electrons. The van der Waals surface area contributed by atoms with Gasteiger partial charge >= 0.3 is 5.51 Å². The lowest BCUT2D eigenvalue weighted by atomic mass is 10.3. The molecular weight excluding hydrogens is 331 g/mol. The van der Waals surface area contributed by atoms with Crippen molar-refractivity contribution in [3.63, 3.8) is 0 Å². The number of hydrogen-bond donors (Lipinski definition) is 0. The van der Waals surface area contributed by atoms with Gasteiger partial charge in [-0.1, -0.05) is 22.0 Å². The number of alkyl halides is 4. The first-order chi connectivity index (χ1) is 8.35. The molecule has 1 unspecified atom stereocenters. The topological polar surface area (TPSA) is 20.3 Å². The van der Waals surface area contributed by atoms with Gasteiger partial charge in [0.1, 0.15) is 0 Å². The molecule has 1 amide bonds. The summed E-state index contributed by atoms with van der Waals surface area (Å²) in [6.45, 7) is 0.485. The normalized spacial score (nSPS) is 20.6. The maximum absolute atomic E-state index is 12.3. The van der Waals surface area contributed by atoms with Crippen molar-refractivity contribution in [2.75, 3.05) is 11.4 Å². The van der Waals surface area contributed by atoms with E-state index >= 15 is 0 Å². The molecule has 2 rings (SSSR count). The summed E-state index contributed by atoms with van der Waals surface area (Å²) in [6, 6.07) is 5.94. The van der Waals surface area contributed by atoms with Gasteiger partial charge < -0.3 is 4.90 Å². The van der Waals surface area contributed by atoms with E-state index in [1.54, 1.807) is 6.07 Å². The van der Waals surface area contributed by atoms with Gasteiger partial charge in [0, 0.05) is 28.4 Å². The molecule has 1 aromatic carbocycles. The number of halogens is 4. The fourth-order valence-corrected chi connectivity index (χ4v) is 2.92. The molecular formula is C11H9BrF3NOS. The average Bonchev–Trinajstić information content (AvgIpc) is 2.55. The van der Waals surface area contributed by atoms with Crippen molar-refractivity contribution in [1.82, 2.24) is 0 Å². The smallest absolute Gasteiger partial charge is 0.311 e. The number of hydrogen-bond acceptors (Lipinski definition) is 2. The summed E-state index contributed by atoms with van der Waals surface area (Å²) in [5.74, 6) is -0.0777. The Morgan fingerprint density at radius 2 is 2.11 bits per heavy atom. The molecule has 98 valence electrons. The summed E-state index contributed by atoms with van der Waals surface area (Å²) in [5, 5.41) is 0. The Labute approximate surface area is 115 Å². The number of thioether (sulfide) groups is 1. The Kier molecular flexibility index (Phi) is 3.91. The van der Waals surface area contributed by atoms with E-state index in [-0.39, 0.29) is 27.4 Å². The predicted octanol–water partition coefficient (Wildman–Crippen LogP) is 3.80. The van der Waals surface area contributed by atoms with Crippen LogP contribution in [-0.4, -0.2) is 22.8 Å². The monoisotopic (exact) mass is 339 g/mol. The van der Waals surface area contributed by atoms with Gasteiger partial charge in [-0.2, -0.15) is 13.2 Å². The van der Waals surface area contributed by atoms with Crippen LogP contribution in [0, 0.1) is 0 Å². The van der Waals surface area contributed by atoms with Crippen LogP contribution in [0.2, 0.25) is 0 Å². The molecule has 2 nitrogen and oxygen atoms in total. The minimum atomic E-state index is -4.31. The van der Waals surface area contributed by atoms with Crippen LogP contribution in [0.1, 0.15) is 6.42 Å². The summed E-state index contributed by atoms with van der Waals surface area (Å²) < 4.78 is 36.8. The summed E-state index contributed by atoms with van der Waals surface area (Å²) in [5.41, 5.74) is -3.80. The molecule has 1 fully saturated rings. The SMILES string of the molecule is O=C1CC(Br)CN1c1cccc(SC(F)(F)F)c1. The van der Waals surface area contributed by atoms with E-state index in [9.17, 15) is 18.0 Å². The van der Waals surface area contributed by atoms with Crippen LogP contribution in [0.15, 0.2) is 29.2 Å². The van der Waals surface area contributed by atoms with Crippen LogP contribution in [-0.2, 0) is 4.79 Å². The molecule has 0 aliphatic carbocycles. The molecule has 0 aromatic heterocycles.